The number of rotatable bonds is 7. The van der Waals surface area contributed by atoms with E-state index in [-0.39, 0.29) is 41.3 Å². The van der Waals surface area contributed by atoms with Gasteiger partial charge in [0.1, 0.15) is 11.6 Å². The zero-order valence-electron chi connectivity index (χ0n) is 27.6. The Morgan fingerprint density at radius 2 is 1.36 bits per heavy atom. The van der Waals surface area contributed by atoms with Gasteiger partial charge in [0, 0.05) is 34.1 Å². The van der Waals surface area contributed by atoms with Gasteiger partial charge in [0.2, 0.25) is 5.62 Å². The summed E-state index contributed by atoms with van der Waals surface area (Å²) in [6, 6.07) is 20.3. The van der Waals surface area contributed by atoms with Crippen molar-refractivity contribution in [1.82, 2.24) is 9.13 Å². The average molecular weight is 656 g/mol. The van der Waals surface area contributed by atoms with Crippen LogP contribution in [0.3, 0.4) is 0 Å². The average Bonchev–Trinajstić information content (AvgIpc) is 3.24. The van der Waals surface area contributed by atoms with Crippen molar-refractivity contribution in [1.29, 1.82) is 0 Å². The molecule has 1 heterocycles. The first-order valence-electron chi connectivity index (χ1n) is 15.0. The Morgan fingerprint density at radius 1 is 0.851 bits per heavy atom. The van der Waals surface area contributed by atoms with Gasteiger partial charge in [-0.1, -0.05) is 90.1 Å². The van der Waals surface area contributed by atoms with Gasteiger partial charge >= 0.3 is 12.1 Å². The summed E-state index contributed by atoms with van der Waals surface area (Å²) in [5.74, 6) is -2.90. The highest BCUT2D eigenvalue weighted by molar-refractivity contribution is 5.96. The number of aromatic hydroxyl groups is 1. The maximum absolute atomic E-state index is 14.4. The normalized spacial score (nSPS) is 12.4. The summed E-state index contributed by atoms with van der Waals surface area (Å²) in [7, 11) is 0. The number of alkyl halides is 3. The molecule has 0 atom stereocenters. The standard InChI is InChI=1S/C34H40FN3O2.C2HF3O2/c1-23-20-37(22-30(39)26-17-27(33(2,3)4)31(40)28(18-26)34(5,6)7)32(36-19-25-15-11-12-16-29(25)35)38(23)21-24-13-9-8-10-14-24;3-2(4,5)1(6)7/h8-18,20,40H,19,21-22H2,1-7H3;(H,6,7). The van der Waals surface area contributed by atoms with E-state index in [1.54, 1.807) is 18.2 Å². The topological polar surface area (TPSA) is 96.8 Å². The Labute approximate surface area is 271 Å². The minimum Gasteiger partial charge on any atom is -0.507 e. The minimum atomic E-state index is -5.08. The summed E-state index contributed by atoms with van der Waals surface area (Å²) in [5.41, 5.74) is 4.50. The molecule has 0 saturated heterocycles. The molecule has 0 aliphatic carbocycles. The lowest BCUT2D eigenvalue weighted by atomic mass is 9.78. The largest absolute Gasteiger partial charge is 0.507 e. The number of aromatic nitrogens is 2. The number of halogens is 4. The maximum atomic E-state index is 14.4. The number of carbonyl (C=O) groups excluding carboxylic acids is 1. The molecular formula is C36H41F4N3O4. The molecule has 1 aromatic heterocycles. The molecule has 0 radical (unpaired) electrons. The van der Waals surface area contributed by atoms with E-state index in [1.807, 2.05) is 102 Å². The zero-order chi connectivity index (χ0) is 35.3. The number of Topliss-reactive ketones (excluding diaryl/α,β-unsaturated/α-hetero) is 1. The fourth-order valence-electron chi connectivity index (χ4n) is 4.89. The minimum absolute atomic E-state index is 0.0661. The number of aliphatic carboxylic acids is 1. The monoisotopic (exact) mass is 655 g/mol. The molecule has 0 aliphatic rings. The number of ketones is 1. The molecule has 0 unspecified atom stereocenters. The summed E-state index contributed by atoms with van der Waals surface area (Å²) in [4.78, 5) is 27.5. The third kappa shape index (κ3) is 9.67. The lowest BCUT2D eigenvalue weighted by molar-refractivity contribution is -0.192. The third-order valence-electron chi connectivity index (χ3n) is 7.40. The molecule has 47 heavy (non-hydrogen) atoms. The SMILES string of the molecule is Cc1cn(CC(=O)c2cc(C(C)(C)C)c(O)c(C(C)(C)C)c2)c(=NCc2ccccc2F)n1Cc1ccccc1.O=C(O)C(F)(F)F. The first-order chi connectivity index (χ1) is 21.7. The molecule has 3 aromatic carbocycles. The van der Waals surface area contributed by atoms with Crippen LogP contribution < -0.4 is 5.62 Å². The van der Waals surface area contributed by atoms with Gasteiger partial charge in [0.25, 0.3) is 0 Å². The van der Waals surface area contributed by atoms with Crippen molar-refractivity contribution in [2.24, 2.45) is 4.99 Å². The fraction of sp³-hybridized carbons (Fsp3) is 0.361. The van der Waals surface area contributed by atoms with Crippen molar-refractivity contribution >= 4 is 11.8 Å². The van der Waals surface area contributed by atoms with Gasteiger partial charge in [-0.15, -0.1) is 0 Å². The van der Waals surface area contributed by atoms with Gasteiger partial charge in [-0.3, -0.25) is 4.79 Å². The van der Waals surface area contributed by atoms with Crippen LogP contribution in [-0.2, 0) is 35.3 Å². The second-order valence-corrected chi connectivity index (χ2v) is 13.3. The van der Waals surface area contributed by atoms with Gasteiger partial charge in [-0.2, -0.15) is 13.2 Å². The van der Waals surface area contributed by atoms with Crippen molar-refractivity contribution in [3.05, 3.63) is 118 Å². The predicted octanol–water partition coefficient (Wildman–Crippen LogP) is 7.70. The fourth-order valence-corrected chi connectivity index (χ4v) is 4.89. The van der Waals surface area contributed by atoms with Gasteiger partial charge < -0.3 is 19.3 Å². The number of phenolic OH excluding ortho intramolecular Hbond substituents is 1. The molecule has 0 saturated carbocycles. The first-order valence-corrected chi connectivity index (χ1v) is 15.0. The van der Waals surface area contributed by atoms with Crippen molar-refractivity contribution in [2.75, 3.05) is 0 Å². The number of carboxylic acid groups (broad SMARTS) is 1. The highest BCUT2D eigenvalue weighted by Crippen LogP contribution is 2.40. The van der Waals surface area contributed by atoms with Crippen LogP contribution in [0.1, 0.15) is 79.8 Å². The van der Waals surface area contributed by atoms with Crippen LogP contribution >= 0.6 is 0 Å². The summed E-state index contributed by atoms with van der Waals surface area (Å²) < 4.78 is 50.1. The van der Waals surface area contributed by atoms with Gasteiger partial charge in [-0.25, -0.2) is 14.2 Å². The summed E-state index contributed by atoms with van der Waals surface area (Å²) in [6.45, 7) is 15.0. The number of hydrogen-bond donors (Lipinski definition) is 2. The lowest BCUT2D eigenvalue weighted by Gasteiger charge is -2.28. The Morgan fingerprint density at radius 3 is 1.85 bits per heavy atom. The Kier molecular flexibility index (Phi) is 11.3. The molecule has 0 aliphatic heterocycles. The first kappa shape index (κ1) is 36.8. The molecule has 252 valence electrons. The molecule has 11 heteroatoms. The summed E-state index contributed by atoms with van der Waals surface area (Å²) >= 11 is 0. The van der Waals surface area contributed by atoms with E-state index in [1.165, 1.54) is 6.07 Å². The van der Waals surface area contributed by atoms with Crippen LogP contribution in [0, 0.1) is 12.7 Å². The molecule has 0 amide bonds. The summed E-state index contributed by atoms with van der Waals surface area (Å²) in [5, 5.41) is 18.2. The van der Waals surface area contributed by atoms with Crippen LogP contribution in [-0.4, -0.2) is 37.3 Å². The second kappa shape index (κ2) is 14.4. The number of benzene rings is 3. The van der Waals surface area contributed by atoms with E-state index in [9.17, 15) is 27.5 Å². The Balaban J connectivity index is 0.000000771. The molecule has 4 rings (SSSR count). The predicted molar refractivity (Wildman–Crippen MR) is 172 cm³/mol. The van der Waals surface area contributed by atoms with E-state index in [2.05, 4.69) is 4.57 Å². The van der Waals surface area contributed by atoms with Gasteiger partial charge in [0.05, 0.1) is 19.6 Å². The van der Waals surface area contributed by atoms with Crippen LogP contribution in [0.5, 0.6) is 5.75 Å². The molecule has 0 bridgehead atoms. The van der Waals surface area contributed by atoms with Crippen LogP contribution in [0.2, 0.25) is 0 Å². The molecule has 7 nitrogen and oxygen atoms in total. The van der Waals surface area contributed by atoms with Gasteiger partial charge in [0.15, 0.2) is 5.78 Å². The lowest BCUT2D eigenvalue weighted by Crippen LogP contribution is -2.30. The van der Waals surface area contributed by atoms with Crippen molar-refractivity contribution in [3.63, 3.8) is 0 Å². The Bertz CT molecular complexity index is 1760. The maximum Gasteiger partial charge on any atom is 0.490 e. The van der Waals surface area contributed by atoms with Crippen molar-refractivity contribution in [2.45, 2.75) is 85.1 Å². The number of imidazole rings is 1. The van der Waals surface area contributed by atoms with Crippen LogP contribution in [0.25, 0.3) is 0 Å². The number of hydrogen-bond acceptors (Lipinski definition) is 4. The highest BCUT2D eigenvalue weighted by atomic mass is 19.4. The number of carbonyl (C=O) groups is 2. The molecule has 0 spiro atoms. The highest BCUT2D eigenvalue weighted by Gasteiger charge is 2.38. The zero-order valence-corrected chi connectivity index (χ0v) is 27.6. The third-order valence-corrected chi connectivity index (χ3v) is 7.40. The van der Waals surface area contributed by atoms with Crippen molar-refractivity contribution < 1.29 is 37.4 Å². The Hall–Kier alpha value is -4.67. The smallest absolute Gasteiger partial charge is 0.490 e. The van der Waals surface area contributed by atoms with E-state index in [4.69, 9.17) is 14.9 Å². The molecule has 4 aromatic rings. The number of carboxylic acids is 1. The molecule has 0 fully saturated rings. The number of phenols is 1. The van der Waals surface area contributed by atoms with Crippen LogP contribution in [0.15, 0.2) is 77.9 Å². The van der Waals surface area contributed by atoms with E-state index in [0.717, 1.165) is 22.4 Å². The van der Waals surface area contributed by atoms with Gasteiger partial charge in [-0.05, 0) is 41.5 Å². The second-order valence-electron chi connectivity index (χ2n) is 13.3. The van der Waals surface area contributed by atoms with Crippen molar-refractivity contribution in [3.8, 4) is 5.75 Å². The van der Waals surface area contributed by atoms with E-state index < -0.39 is 12.1 Å². The molecular weight excluding hydrogens is 614 g/mol. The van der Waals surface area contributed by atoms with E-state index >= 15 is 0 Å². The number of nitrogens with zero attached hydrogens (tertiary/aromatic N) is 3. The molecule has 2 N–H and O–H groups in total. The quantitative estimate of drug-likeness (QED) is 0.158. The summed E-state index contributed by atoms with van der Waals surface area (Å²) in [6.07, 6.45) is -3.16. The van der Waals surface area contributed by atoms with E-state index in [0.29, 0.717) is 23.3 Å². The number of aryl methyl sites for hydroxylation is 1. The van der Waals surface area contributed by atoms with Crippen LogP contribution in [0.4, 0.5) is 17.6 Å².